The standard InChI is InChI=1S/C14H9F3N/c1-18-12-5-3-2-4-10(12)11-8-9(14(15,16)17)6-7-13(11)18/h3-8H,1H3. The Morgan fingerprint density at radius 3 is 2.50 bits per heavy atom. The van der Waals surface area contributed by atoms with Crippen molar-refractivity contribution in [1.29, 1.82) is 0 Å². The molecule has 3 aromatic rings. The van der Waals surface area contributed by atoms with Gasteiger partial charge in [-0.25, -0.2) is 0 Å². The fourth-order valence-electron chi connectivity index (χ4n) is 2.28. The van der Waals surface area contributed by atoms with Crippen LogP contribution < -0.4 is 0 Å². The van der Waals surface area contributed by atoms with Crippen LogP contribution in [-0.4, -0.2) is 4.57 Å². The predicted molar refractivity (Wildman–Crippen MR) is 64.3 cm³/mol. The molecule has 91 valence electrons. The van der Waals surface area contributed by atoms with Crippen LogP contribution in [0.15, 0.2) is 36.4 Å². The predicted octanol–water partition coefficient (Wildman–Crippen LogP) is 4.15. The monoisotopic (exact) mass is 248 g/mol. The van der Waals surface area contributed by atoms with Crippen LogP contribution in [0, 0.1) is 6.07 Å². The fourth-order valence-corrected chi connectivity index (χ4v) is 2.28. The van der Waals surface area contributed by atoms with Crippen LogP contribution in [0.5, 0.6) is 0 Å². The van der Waals surface area contributed by atoms with Gasteiger partial charge in [-0.2, -0.15) is 13.2 Å². The van der Waals surface area contributed by atoms with Gasteiger partial charge in [0, 0.05) is 28.9 Å². The highest BCUT2D eigenvalue weighted by atomic mass is 19.4. The van der Waals surface area contributed by atoms with Crippen LogP contribution in [0.1, 0.15) is 5.56 Å². The van der Waals surface area contributed by atoms with Gasteiger partial charge in [-0.15, -0.1) is 0 Å². The van der Waals surface area contributed by atoms with E-state index in [1.807, 2.05) is 17.7 Å². The molecule has 1 aromatic heterocycles. The smallest absolute Gasteiger partial charge is 0.344 e. The molecule has 0 N–H and O–H groups in total. The van der Waals surface area contributed by atoms with Crippen LogP contribution in [0.3, 0.4) is 0 Å². The molecule has 1 radical (unpaired) electrons. The van der Waals surface area contributed by atoms with Crippen LogP contribution in [0.25, 0.3) is 21.8 Å². The molecule has 0 unspecified atom stereocenters. The normalized spacial score (nSPS) is 12.4. The van der Waals surface area contributed by atoms with Gasteiger partial charge in [0.25, 0.3) is 0 Å². The molecule has 2 aromatic carbocycles. The number of hydrogen-bond donors (Lipinski definition) is 0. The van der Waals surface area contributed by atoms with Crippen LogP contribution in [-0.2, 0) is 13.2 Å². The minimum Gasteiger partial charge on any atom is -0.344 e. The quantitative estimate of drug-likeness (QED) is 0.563. The number of fused-ring (bicyclic) bond motifs is 3. The second-order valence-electron chi connectivity index (χ2n) is 4.23. The Morgan fingerprint density at radius 1 is 1.06 bits per heavy atom. The Kier molecular flexibility index (Phi) is 2.17. The zero-order valence-corrected chi connectivity index (χ0v) is 9.55. The minimum absolute atomic E-state index is 0.610. The van der Waals surface area contributed by atoms with E-state index in [0.717, 1.165) is 22.5 Å². The van der Waals surface area contributed by atoms with Crippen LogP contribution in [0.4, 0.5) is 13.2 Å². The zero-order chi connectivity index (χ0) is 12.9. The van der Waals surface area contributed by atoms with Crippen molar-refractivity contribution in [2.24, 2.45) is 7.05 Å². The van der Waals surface area contributed by atoms with Gasteiger partial charge in [-0.05, 0) is 36.4 Å². The van der Waals surface area contributed by atoms with Gasteiger partial charge in [-0.3, -0.25) is 0 Å². The van der Waals surface area contributed by atoms with Crippen LogP contribution >= 0.6 is 0 Å². The summed E-state index contributed by atoms with van der Waals surface area (Å²) < 4.78 is 40.0. The average Bonchev–Trinajstić information content (AvgIpc) is 2.63. The average molecular weight is 248 g/mol. The first-order valence-electron chi connectivity index (χ1n) is 5.44. The molecule has 0 aliphatic heterocycles. The highest BCUT2D eigenvalue weighted by molar-refractivity contribution is 6.08. The molecule has 1 nitrogen and oxygen atoms in total. The molecular weight excluding hydrogens is 239 g/mol. The second-order valence-corrected chi connectivity index (χ2v) is 4.23. The largest absolute Gasteiger partial charge is 0.416 e. The van der Waals surface area contributed by atoms with E-state index >= 15 is 0 Å². The van der Waals surface area contributed by atoms with Gasteiger partial charge in [0.15, 0.2) is 0 Å². The molecule has 4 heteroatoms. The van der Waals surface area contributed by atoms with Crippen molar-refractivity contribution < 1.29 is 13.2 Å². The maximum Gasteiger partial charge on any atom is 0.416 e. The second kappa shape index (κ2) is 3.51. The third-order valence-electron chi connectivity index (χ3n) is 3.18. The molecule has 0 bridgehead atoms. The molecule has 0 spiro atoms. The Morgan fingerprint density at radius 2 is 1.78 bits per heavy atom. The Labute approximate surface area is 101 Å². The molecule has 0 aliphatic carbocycles. The maximum absolute atomic E-state index is 12.7. The van der Waals surface area contributed by atoms with E-state index in [1.54, 1.807) is 12.1 Å². The number of aromatic nitrogens is 1. The summed E-state index contributed by atoms with van der Waals surface area (Å²) in [6, 6.07) is 12.1. The summed E-state index contributed by atoms with van der Waals surface area (Å²) in [6.45, 7) is 0. The SMILES string of the molecule is Cn1c2cc[c]cc2c2cc(C(F)(F)F)ccc21. The zero-order valence-electron chi connectivity index (χ0n) is 9.55. The summed E-state index contributed by atoms with van der Waals surface area (Å²) in [6.07, 6.45) is -4.31. The fraction of sp³-hybridized carbons (Fsp3) is 0.143. The minimum atomic E-state index is -4.31. The first-order valence-corrected chi connectivity index (χ1v) is 5.44. The summed E-state index contributed by atoms with van der Waals surface area (Å²) in [7, 11) is 1.85. The first kappa shape index (κ1) is 11.1. The van der Waals surface area contributed by atoms with E-state index in [-0.39, 0.29) is 0 Å². The van der Waals surface area contributed by atoms with E-state index in [1.165, 1.54) is 12.1 Å². The topological polar surface area (TPSA) is 4.93 Å². The molecule has 0 aliphatic rings. The molecule has 3 rings (SSSR count). The van der Waals surface area contributed by atoms with Crippen molar-refractivity contribution in [2.45, 2.75) is 6.18 Å². The van der Waals surface area contributed by atoms with Crippen molar-refractivity contribution in [3.8, 4) is 0 Å². The highest BCUT2D eigenvalue weighted by Crippen LogP contribution is 2.34. The molecular formula is C14H9F3N. The number of halogens is 3. The Bertz CT molecular complexity index is 738. The lowest BCUT2D eigenvalue weighted by Gasteiger charge is -2.06. The van der Waals surface area contributed by atoms with Crippen molar-refractivity contribution in [2.75, 3.05) is 0 Å². The van der Waals surface area contributed by atoms with E-state index in [2.05, 4.69) is 6.07 Å². The first-order chi connectivity index (χ1) is 8.48. The number of aryl methyl sites for hydroxylation is 1. The summed E-state index contributed by atoms with van der Waals surface area (Å²) in [5.74, 6) is 0. The molecule has 0 amide bonds. The summed E-state index contributed by atoms with van der Waals surface area (Å²) >= 11 is 0. The van der Waals surface area contributed by atoms with Gasteiger partial charge in [0.2, 0.25) is 0 Å². The molecule has 0 atom stereocenters. The van der Waals surface area contributed by atoms with Gasteiger partial charge in [0.1, 0.15) is 0 Å². The van der Waals surface area contributed by atoms with E-state index in [9.17, 15) is 13.2 Å². The Hall–Kier alpha value is -1.97. The van der Waals surface area contributed by atoms with Gasteiger partial charge < -0.3 is 4.57 Å². The number of benzene rings is 2. The third-order valence-corrected chi connectivity index (χ3v) is 3.18. The van der Waals surface area contributed by atoms with E-state index in [0.29, 0.717) is 5.39 Å². The maximum atomic E-state index is 12.7. The van der Waals surface area contributed by atoms with E-state index < -0.39 is 11.7 Å². The number of nitrogens with zero attached hydrogens (tertiary/aromatic N) is 1. The lowest BCUT2D eigenvalue weighted by molar-refractivity contribution is -0.137. The lowest BCUT2D eigenvalue weighted by Crippen LogP contribution is -2.04. The molecule has 1 heterocycles. The summed E-state index contributed by atoms with van der Waals surface area (Å²) in [4.78, 5) is 0. The van der Waals surface area contributed by atoms with Crippen molar-refractivity contribution in [1.82, 2.24) is 4.57 Å². The number of rotatable bonds is 0. The summed E-state index contributed by atoms with van der Waals surface area (Å²) in [5.41, 5.74) is 1.08. The number of hydrogen-bond acceptors (Lipinski definition) is 0. The lowest BCUT2D eigenvalue weighted by atomic mass is 10.1. The highest BCUT2D eigenvalue weighted by Gasteiger charge is 2.30. The number of alkyl halides is 3. The van der Waals surface area contributed by atoms with Gasteiger partial charge in [0.05, 0.1) is 5.56 Å². The van der Waals surface area contributed by atoms with Crippen molar-refractivity contribution in [3.05, 3.63) is 48.0 Å². The third kappa shape index (κ3) is 1.49. The van der Waals surface area contributed by atoms with E-state index in [4.69, 9.17) is 0 Å². The molecule has 18 heavy (non-hydrogen) atoms. The molecule has 0 saturated carbocycles. The summed E-state index contributed by atoms with van der Waals surface area (Å²) in [5, 5.41) is 1.40. The van der Waals surface area contributed by atoms with Crippen molar-refractivity contribution in [3.63, 3.8) is 0 Å². The van der Waals surface area contributed by atoms with Gasteiger partial charge >= 0.3 is 6.18 Å². The Balaban J connectivity index is 2.44. The van der Waals surface area contributed by atoms with Crippen molar-refractivity contribution >= 4 is 21.8 Å². The molecule has 0 fully saturated rings. The molecule has 0 saturated heterocycles. The van der Waals surface area contributed by atoms with Gasteiger partial charge in [-0.1, -0.05) is 6.07 Å². The van der Waals surface area contributed by atoms with Crippen LogP contribution in [0.2, 0.25) is 0 Å².